The van der Waals surface area contributed by atoms with E-state index in [2.05, 4.69) is 10.6 Å². The number of alkyl carbamates (subject to hydrolysis) is 1. The van der Waals surface area contributed by atoms with Gasteiger partial charge in [-0.15, -0.1) is 11.3 Å². The number of nitrogens with one attached hydrogen (secondary N) is 2. The average Bonchev–Trinajstić information content (AvgIpc) is 3.22. The first-order valence-corrected chi connectivity index (χ1v) is 9.41. The van der Waals surface area contributed by atoms with Crippen LogP contribution in [-0.4, -0.2) is 29.4 Å². The molecule has 3 amide bonds. The lowest BCUT2D eigenvalue weighted by molar-refractivity contribution is -0.385. The Balaban J connectivity index is 1.91. The SMILES string of the molecule is CCOC(=O)NC(=O)c1c(NC(=O)c2ccccc2[N+](=O)[O-])sc2c1CCC2. The maximum atomic E-state index is 12.6. The molecule has 0 unspecified atom stereocenters. The fourth-order valence-electron chi connectivity index (χ4n) is 3.05. The number of para-hydroxylation sites is 1. The Morgan fingerprint density at radius 2 is 1.96 bits per heavy atom. The standard InChI is InChI=1S/C18H17N3O6S/c1-2-27-18(24)20-16(23)14-11-7-5-9-13(11)28-17(14)19-15(22)10-6-3-4-8-12(10)21(25)26/h3-4,6,8H,2,5,7,9H2,1H3,(H,19,22)(H,20,23,24). The number of carbonyl (C=O) groups excluding carboxylic acids is 3. The van der Waals surface area contributed by atoms with Crippen molar-refractivity contribution in [2.45, 2.75) is 26.2 Å². The van der Waals surface area contributed by atoms with Crippen molar-refractivity contribution in [2.75, 3.05) is 11.9 Å². The van der Waals surface area contributed by atoms with Gasteiger partial charge in [-0.1, -0.05) is 12.1 Å². The van der Waals surface area contributed by atoms with Crippen molar-refractivity contribution in [3.8, 4) is 0 Å². The van der Waals surface area contributed by atoms with Gasteiger partial charge < -0.3 is 10.1 Å². The normalized spacial score (nSPS) is 12.2. The summed E-state index contributed by atoms with van der Waals surface area (Å²) in [4.78, 5) is 48.3. The van der Waals surface area contributed by atoms with Crippen molar-refractivity contribution in [3.05, 3.63) is 55.9 Å². The fraction of sp³-hybridized carbons (Fsp3) is 0.278. The van der Waals surface area contributed by atoms with E-state index in [1.165, 1.54) is 35.6 Å². The topological polar surface area (TPSA) is 128 Å². The quantitative estimate of drug-likeness (QED) is 0.582. The predicted octanol–water partition coefficient (Wildman–Crippen LogP) is 3.28. The molecule has 2 aromatic rings. The van der Waals surface area contributed by atoms with Crippen molar-refractivity contribution in [1.29, 1.82) is 0 Å². The third kappa shape index (κ3) is 3.86. The molecule has 146 valence electrons. The van der Waals surface area contributed by atoms with Crippen LogP contribution < -0.4 is 10.6 Å². The van der Waals surface area contributed by atoms with E-state index >= 15 is 0 Å². The van der Waals surface area contributed by atoms with Crippen molar-refractivity contribution < 1.29 is 24.0 Å². The maximum absolute atomic E-state index is 12.6. The molecule has 1 aliphatic rings. The first-order valence-electron chi connectivity index (χ1n) is 8.59. The van der Waals surface area contributed by atoms with Gasteiger partial charge in [0.1, 0.15) is 10.6 Å². The number of imide groups is 1. The van der Waals surface area contributed by atoms with Crippen LogP contribution in [0.4, 0.5) is 15.5 Å². The summed E-state index contributed by atoms with van der Waals surface area (Å²) in [6.45, 7) is 1.73. The van der Waals surface area contributed by atoms with Gasteiger partial charge in [-0.05, 0) is 37.8 Å². The second-order valence-electron chi connectivity index (χ2n) is 5.96. The van der Waals surface area contributed by atoms with Gasteiger partial charge in [-0.25, -0.2) is 4.79 Å². The van der Waals surface area contributed by atoms with E-state index in [0.717, 1.165) is 23.3 Å². The molecule has 1 heterocycles. The zero-order valence-corrected chi connectivity index (χ0v) is 15.8. The summed E-state index contributed by atoms with van der Waals surface area (Å²) in [6, 6.07) is 5.56. The number of ether oxygens (including phenoxy) is 1. The summed E-state index contributed by atoms with van der Waals surface area (Å²) in [5, 5.41) is 16.2. The molecular weight excluding hydrogens is 386 g/mol. The van der Waals surface area contributed by atoms with Crippen LogP contribution in [0.5, 0.6) is 0 Å². The van der Waals surface area contributed by atoms with E-state index in [1.807, 2.05) is 0 Å². The minimum absolute atomic E-state index is 0.113. The zero-order chi connectivity index (χ0) is 20.3. The molecule has 0 fully saturated rings. The van der Waals surface area contributed by atoms with Crippen molar-refractivity contribution in [2.24, 2.45) is 0 Å². The second-order valence-corrected chi connectivity index (χ2v) is 7.07. The Morgan fingerprint density at radius 3 is 2.68 bits per heavy atom. The van der Waals surface area contributed by atoms with Gasteiger partial charge in [0, 0.05) is 10.9 Å². The molecule has 0 saturated heterocycles. The van der Waals surface area contributed by atoms with E-state index in [1.54, 1.807) is 6.92 Å². The third-order valence-electron chi connectivity index (χ3n) is 4.21. The van der Waals surface area contributed by atoms with Crippen LogP contribution in [0.15, 0.2) is 24.3 Å². The van der Waals surface area contributed by atoms with Crippen LogP contribution in [0, 0.1) is 10.1 Å². The highest BCUT2D eigenvalue weighted by molar-refractivity contribution is 7.17. The highest BCUT2D eigenvalue weighted by atomic mass is 32.1. The number of hydrogen-bond donors (Lipinski definition) is 2. The summed E-state index contributed by atoms with van der Waals surface area (Å²) in [6.07, 6.45) is 1.42. The minimum atomic E-state index is -0.874. The van der Waals surface area contributed by atoms with Gasteiger partial charge in [0.25, 0.3) is 17.5 Å². The number of nitro benzene ring substituents is 1. The number of amides is 3. The van der Waals surface area contributed by atoms with Gasteiger partial charge in [0.15, 0.2) is 0 Å². The van der Waals surface area contributed by atoms with Crippen LogP contribution in [0.3, 0.4) is 0 Å². The van der Waals surface area contributed by atoms with Crippen molar-refractivity contribution in [1.82, 2.24) is 5.32 Å². The van der Waals surface area contributed by atoms with Crippen LogP contribution in [0.25, 0.3) is 0 Å². The van der Waals surface area contributed by atoms with Gasteiger partial charge in [0.2, 0.25) is 0 Å². The molecule has 3 rings (SSSR count). The van der Waals surface area contributed by atoms with Crippen LogP contribution in [0.1, 0.15) is 44.5 Å². The van der Waals surface area contributed by atoms with Gasteiger partial charge in [0.05, 0.1) is 17.1 Å². The van der Waals surface area contributed by atoms with Gasteiger partial charge >= 0.3 is 6.09 Å². The van der Waals surface area contributed by atoms with E-state index in [4.69, 9.17) is 4.74 Å². The van der Waals surface area contributed by atoms with Crippen LogP contribution in [0.2, 0.25) is 0 Å². The highest BCUT2D eigenvalue weighted by Gasteiger charge is 2.29. The van der Waals surface area contributed by atoms with E-state index in [-0.39, 0.29) is 28.4 Å². The molecule has 0 bridgehead atoms. The van der Waals surface area contributed by atoms with E-state index < -0.39 is 22.8 Å². The zero-order valence-electron chi connectivity index (χ0n) is 14.9. The number of nitro groups is 1. The number of fused-ring (bicyclic) bond motifs is 1. The molecule has 9 nitrogen and oxygen atoms in total. The lowest BCUT2D eigenvalue weighted by Crippen LogP contribution is -2.32. The molecule has 0 aliphatic heterocycles. The molecule has 1 aliphatic carbocycles. The average molecular weight is 403 g/mol. The number of benzene rings is 1. The summed E-state index contributed by atoms with van der Waals surface area (Å²) >= 11 is 1.24. The number of thiophene rings is 1. The molecule has 28 heavy (non-hydrogen) atoms. The summed E-state index contributed by atoms with van der Waals surface area (Å²) < 4.78 is 4.73. The molecule has 1 aromatic carbocycles. The maximum Gasteiger partial charge on any atom is 0.414 e. The van der Waals surface area contributed by atoms with Crippen LogP contribution >= 0.6 is 11.3 Å². The predicted molar refractivity (Wildman–Crippen MR) is 102 cm³/mol. The molecule has 1 aromatic heterocycles. The molecule has 0 radical (unpaired) electrons. The number of rotatable bonds is 5. The van der Waals surface area contributed by atoms with Gasteiger partial charge in [-0.3, -0.25) is 25.0 Å². The molecule has 10 heteroatoms. The molecule has 0 spiro atoms. The number of nitrogens with zero attached hydrogens (tertiary/aromatic N) is 1. The molecular formula is C18H17N3O6S. The molecule has 0 atom stereocenters. The Labute approximate surface area is 163 Å². The first kappa shape index (κ1) is 19.5. The second kappa shape index (κ2) is 8.17. The lowest BCUT2D eigenvalue weighted by Gasteiger charge is -2.09. The molecule has 2 N–H and O–H groups in total. The Hall–Kier alpha value is -3.27. The van der Waals surface area contributed by atoms with Crippen molar-refractivity contribution in [3.63, 3.8) is 0 Å². The summed E-state index contributed by atoms with van der Waals surface area (Å²) in [5.74, 6) is -1.37. The number of carbonyl (C=O) groups is 3. The Bertz CT molecular complexity index is 968. The van der Waals surface area contributed by atoms with Gasteiger partial charge in [-0.2, -0.15) is 0 Å². The number of aryl methyl sites for hydroxylation is 1. The monoisotopic (exact) mass is 403 g/mol. The molecule has 0 saturated carbocycles. The third-order valence-corrected chi connectivity index (χ3v) is 5.42. The summed E-state index contributed by atoms with van der Waals surface area (Å²) in [5.41, 5.74) is 0.543. The number of anilines is 1. The first-order chi connectivity index (χ1) is 13.4. The van der Waals surface area contributed by atoms with E-state index in [0.29, 0.717) is 6.42 Å². The van der Waals surface area contributed by atoms with Crippen LogP contribution in [-0.2, 0) is 17.6 Å². The summed E-state index contributed by atoms with van der Waals surface area (Å²) in [7, 11) is 0. The highest BCUT2D eigenvalue weighted by Crippen LogP contribution is 2.39. The number of hydrogen-bond acceptors (Lipinski definition) is 7. The lowest BCUT2D eigenvalue weighted by atomic mass is 10.1. The largest absolute Gasteiger partial charge is 0.450 e. The Morgan fingerprint density at radius 1 is 1.21 bits per heavy atom. The smallest absolute Gasteiger partial charge is 0.414 e. The van der Waals surface area contributed by atoms with E-state index in [9.17, 15) is 24.5 Å². The fourth-order valence-corrected chi connectivity index (χ4v) is 4.33. The Kier molecular flexibility index (Phi) is 5.69. The van der Waals surface area contributed by atoms with Crippen molar-refractivity contribution >= 4 is 39.9 Å². The minimum Gasteiger partial charge on any atom is -0.450 e.